The number of hydrogen-bond acceptors (Lipinski definition) is 5. The van der Waals surface area contributed by atoms with Gasteiger partial charge in [-0.15, -0.1) is 16.4 Å². The summed E-state index contributed by atoms with van der Waals surface area (Å²) in [5.74, 6) is 0.879. The maximum absolute atomic E-state index is 13.0. The molecule has 1 aliphatic heterocycles. The molecule has 1 fully saturated rings. The number of fused-ring (bicyclic) bond motifs is 1. The minimum Gasteiger partial charge on any atom is -0.353 e. The lowest BCUT2D eigenvalue weighted by atomic mass is 10.2. The lowest BCUT2D eigenvalue weighted by molar-refractivity contribution is 0.0772. The van der Waals surface area contributed by atoms with E-state index < -0.39 is 0 Å². The first-order valence-electron chi connectivity index (χ1n) is 8.23. The normalized spacial score (nSPS) is 15.4. The molecule has 0 saturated carbocycles. The van der Waals surface area contributed by atoms with Gasteiger partial charge in [0.1, 0.15) is 4.88 Å². The quantitative estimate of drug-likeness (QED) is 0.688. The van der Waals surface area contributed by atoms with E-state index in [0.717, 1.165) is 42.0 Å². The summed E-state index contributed by atoms with van der Waals surface area (Å²) in [6.45, 7) is 2.98. The number of halogens is 1. The van der Waals surface area contributed by atoms with Crippen molar-refractivity contribution in [3.63, 3.8) is 0 Å². The molecule has 3 heterocycles. The van der Waals surface area contributed by atoms with Crippen molar-refractivity contribution in [1.82, 2.24) is 15.1 Å². The Morgan fingerprint density at radius 1 is 1.08 bits per heavy atom. The van der Waals surface area contributed by atoms with Crippen LogP contribution in [0, 0.1) is 0 Å². The van der Waals surface area contributed by atoms with Gasteiger partial charge in [0.15, 0.2) is 5.82 Å². The van der Waals surface area contributed by atoms with Crippen molar-refractivity contribution >= 4 is 44.7 Å². The van der Waals surface area contributed by atoms with Crippen molar-refractivity contribution in [3.05, 3.63) is 52.5 Å². The largest absolute Gasteiger partial charge is 0.353 e. The zero-order valence-corrected chi connectivity index (χ0v) is 15.1. The minimum absolute atomic E-state index is 0.0206. The summed E-state index contributed by atoms with van der Waals surface area (Å²) in [6.07, 6.45) is 2.56. The third-order valence-electron chi connectivity index (χ3n) is 4.39. The first-order valence-corrected chi connectivity index (χ1v) is 9.42. The van der Waals surface area contributed by atoms with Crippen LogP contribution in [0.1, 0.15) is 16.1 Å². The number of aromatic nitrogens is 2. The number of carbonyl (C=O) groups excluding carboxylic acids is 1. The van der Waals surface area contributed by atoms with Gasteiger partial charge in [-0.1, -0.05) is 29.8 Å². The monoisotopic (exact) mass is 372 g/mol. The molecule has 0 bridgehead atoms. The van der Waals surface area contributed by atoms with Crippen LogP contribution in [0.15, 0.2) is 42.6 Å². The summed E-state index contributed by atoms with van der Waals surface area (Å²) in [5.41, 5.74) is 0. The summed E-state index contributed by atoms with van der Waals surface area (Å²) in [5, 5.41) is 9.63. The van der Waals surface area contributed by atoms with Gasteiger partial charge in [0.05, 0.1) is 5.02 Å². The fourth-order valence-corrected chi connectivity index (χ4v) is 4.59. The smallest absolute Gasteiger partial charge is 0.265 e. The van der Waals surface area contributed by atoms with Crippen LogP contribution in [-0.2, 0) is 0 Å². The molecule has 1 amide bonds. The number of rotatable bonds is 2. The Labute approximate surface area is 154 Å². The number of hydrogen-bond donors (Lipinski definition) is 0. The molecule has 0 spiro atoms. The number of nitrogens with zero attached hydrogens (tertiary/aromatic N) is 4. The number of amides is 1. The number of anilines is 1. The minimum atomic E-state index is 0.0206. The highest BCUT2D eigenvalue weighted by Gasteiger charge is 2.25. The Morgan fingerprint density at radius 3 is 2.76 bits per heavy atom. The van der Waals surface area contributed by atoms with E-state index in [0.29, 0.717) is 16.4 Å². The van der Waals surface area contributed by atoms with E-state index in [4.69, 9.17) is 11.6 Å². The fraction of sp³-hybridized carbons (Fsp3) is 0.278. The van der Waals surface area contributed by atoms with Crippen LogP contribution in [0.4, 0.5) is 5.82 Å². The first kappa shape index (κ1) is 16.3. The van der Waals surface area contributed by atoms with E-state index in [2.05, 4.69) is 15.1 Å². The van der Waals surface area contributed by atoms with Gasteiger partial charge in [0, 0.05) is 42.5 Å². The Hall–Kier alpha value is -2.18. The summed E-state index contributed by atoms with van der Waals surface area (Å²) in [6, 6.07) is 11.7. The first-order chi connectivity index (χ1) is 12.2. The van der Waals surface area contributed by atoms with E-state index in [1.807, 2.05) is 41.3 Å². The molecule has 4 rings (SSSR count). The summed E-state index contributed by atoms with van der Waals surface area (Å²) < 4.78 is 1.05. The second kappa shape index (κ2) is 6.98. The van der Waals surface area contributed by atoms with Gasteiger partial charge in [-0.05, 0) is 24.6 Å². The van der Waals surface area contributed by atoms with Crippen molar-refractivity contribution < 1.29 is 4.79 Å². The van der Waals surface area contributed by atoms with Crippen LogP contribution < -0.4 is 4.90 Å². The molecule has 0 atom stereocenters. The zero-order valence-electron chi connectivity index (χ0n) is 13.6. The van der Waals surface area contributed by atoms with Crippen LogP contribution in [0.25, 0.3) is 10.1 Å². The molecule has 128 valence electrons. The van der Waals surface area contributed by atoms with Crippen LogP contribution >= 0.6 is 22.9 Å². The standard InChI is InChI=1S/C18H17ClN4OS/c19-16-13-5-1-2-6-14(13)25-17(16)18(24)23-10-4-9-22(11-12-23)15-7-3-8-20-21-15/h1-3,5-8H,4,9-12H2. The molecular formula is C18H17ClN4OS. The molecular weight excluding hydrogens is 356 g/mol. The lowest BCUT2D eigenvalue weighted by Gasteiger charge is -2.22. The summed E-state index contributed by atoms with van der Waals surface area (Å²) in [7, 11) is 0. The maximum Gasteiger partial charge on any atom is 0.265 e. The number of carbonyl (C=O) groups is 1. The molecule has 0 radical (unpaired) electrons. The SMILES string of the molecule is O=C(c1sc2ccccc2c1Cl)N1CCCN(c2cccnn2)CC1. The van der Waals surface area contributed by atoms with Gasteiger partial charge < -0.3 is 9.80 Å². The van der Waals surface area contributed by atoms with Crippen molar-refractivity contribution in [2.75, 3.05) is 31.1 Å². The zero-order chi connectivity index (χ0) is 17.2. The van der Waals surface area contributed by atoms with Crippen LogP contribution in [0.3, 0.4) is 0 Å². The highest BCUT2D eigenvalue weighted by molar-refractivity contribution is 7.21. The van der Waals surface area contributed by atoms with Gasteiger partial charge in [-0.3, -0.25) is 4.79 Å². The molecule has 0 aliphatic carbocycles. The van der Waals surface area contributed by atoms with Gasteiger partial charge in [0.25, 0.3) is 5.91 Å². The molecule has 7 heteroatoms. The van der Waals surface area contributed by atoms with Gasteiger partial charge >= 0.3 is 0 Å². The third kappa shape index (κ3) is 3.19. The van der Waals surface area contributed by atoms with Crippen LogP contribution in [-0.4, -0.2) is 47.2 Å². The second-order valence-electron chi connectivity index (χ2n) is 5.96. The Balaban J connectivity index is 1.53. The Morgan fingerprint density at radius 2 is 1.96 bits per heavy atom. The number of thiophene rings is 1. The van der Waals surface area contributed by atoms with Crippen LogP contribution in [0.2, 0.25) is 5.02 Å². The predicted octanol–water partition coefficient (Wildman–Crippen LogP) is 3.70. The fourth-order valence-electron chi connectivity index (χ4n) is 3.11. The van der Waals surface area contributed by atoms with Crippen molar-refractivity contribution in [3.8, 4) is 0 Å². The van der Waals surface area contributed by atoms with Crippen LogP contribution in [0.5, 0.6) is 0 Å². The summed E-state index contributed by atoms with van der Waals surface area (Å²) in [4.78, 5) is 17.7. The topological polar surface area (TPSA) is 49.3 Å². The molecule has 1 aliphatic rings. The maximum atomic E-state index is 13.0. The molecule has 3 aromatic rings. The number of benzene rings is 1. The molecule has 2 aromatic heterocycles. The second-order valence-corrected chi connectivity index (χ2v) is 7.39. The predicted molar refractivity (Wildman–Crippen MR) is 102 cm³/mol. The average Bonchev–Trinajstić information content (AvgIpc) is 2.84. The van der Waals surface area contributed by atoms with Crippen molar-refractivity contribution in [1.29, 1.82) is 0 Å². The van der Waals surface area contributed by atoms with Gasteiger partial charge in [0.2, 0.25) is 0 Å². The molecule has 5 nitrogen and oxygen atoms in total. The van der Waals surface area contributed by atoms with E-state index in [1.54, 1.807) is 6.20 Å². The molecule has 1 aromatic carbocycles. The lowest BCUT2D eigenvalue weighted by Crippen LogP contribution is -2.35. The van der Waals surface area contributed by atoms with Gasteiger partial charge in [-0.2, -0.15) is 5.10 Å². The van der Waals surface area contributed by atoms with Gasteiger partial charge in [-0.25, -0.2) is 0 Å². The highest BCUT2D eigenvalue weighted by Crippen LogP contribution is 2.36. The average molecular weight is 373 g/mol. The third-order valence-corrected chi connectivity index (χ3v) is 6.06. The van der Waals surface area contributed by atoms with Crippen molar-refractivity contribution in [2.24, 2.45) is 0 Å². The molecule has 25 heavy (non-hydrogen) atoms. The summed E-state index contributed by atoms with van der Waals surface area (Å²) >= 11 is 7.94. The molecule has 1 saturated heterocycles. The van der Waals surface area contributed by atoms with E-state index >= 15 is 0 Å². The van der Waals surface area contributed by atoms with E-state index in [9.17, 15) is 4.79 Å². The van der Waals surface area contributed by atoms with E-state index in [-0.39, 0.29) is 5.91 Å². The van der Waals surface area contributed by atoms with Crippen molar-refractivity contribution in [2.45, 2.75) is 6.42 Å². The Kier molecular flexibility index (Phi) is 4.55. The highest BCUT2D eigenvalue weighted by atomic mass is 35.5. The molecule has 0 unspecified atom stereocenters. The molecule has 0 N–H and O–H groups in total. The Bertz CT molecular complexity index is 898. The van der Waals surface area contributed by atoms with E-state index in [1.165, 1.54) is 11.3 Å².